The van der Waals surface area contributed by atoms with Crippen LogP contribution in [0.25, 0.3) is 10.1 Å². The van der Waals surface area contributed by atoms with Crippen LogP contribution >= 0.6 is 18.9 Å². The Morgan fingerprint density at radius 3 is 2.28 bits per heavy atom. The maximum absolute atomic E-state index is 15.5. The molecule has 2 aliphatic rings. The number of hydrogen-bond acceptors (Lipinski definition) is 9. The molecule has 12 nitrogen and oxygen atoms in total. The number of thiophene rings is 1. The predicted molar refractivity (Wildman–Crippen MR) is 197 cm³/mol. The molecule has 1 aromatic heterocycles. The number of carbonyl (C=O) groups excluding carboxylic acids is 4. The molecule has 5 rings (SSSR count). The molecule has 4 amide bonds. The third-order valence-electron chi connectivity index (χ3n) is 9.84. The fourth-order valence-corrected chi connectivity index (χ4v) is 9.28. The summed E-state index contributed by atoms with van der Waals surface area (Å²) in [5.41, 5.74) is -3.90. The first-order valence-corrected chi connectivity index (χ1v) is 19.8. The van der Waals surface area contributed by atoms with Gasteiger partial charge in [-0.1, -0.05) is 18.2 Å². The van der Waals surface area contributed by atoms with Crippen molar-refractivity contribution >= 4 is 58.3 Å². The molecule has 2 fully saturated rings. The van der Waals surface area contributed by atoms with Gasteiger partial charge in [-0.2, -0.15) is 14.0 Å². The summed E-state index contributed by atoms with van der Waals surface area (Å²) < 4.78 is 54.4. The Bertz CT molecular complexity index is 1970. The molecule has 16 heteroatoms. The highest BCUT2D eigenvalue weighted by Gasteiger charge is 2.55. The van der Waals surface area contributed by atoms with Crippen molar-refractivity contribution in [3.05, 3.63) is 64.5 Å². The number of nitriles is 1. The minimum atomic E-state index is -4.86. The standard InChI is InChI=1S/C37H44F2N5O7PS/c1-7-50-52(49,51-8-2)37(38,39)26-11-16-31-24(19-26)20-32(53-31)33(46)41-29-21-43(23(3)45)18-17-28-14-15-30(44(28)34(29)47)35(48)42(6)27-12-9-25(10-13-27)36(4,5)22-40/h9-13,16,19-20,28-30H,7-8,14-15,17-18,21H2,1-6H3,(H,41,46)/t28-,29+,30+/m1/s1. The normalized spacial score (nSPS) is 19.7. The number of alkyl halides is 2. The summed E-state index contributed by atoms with van der Waals surface area (Å²) >= 11 is 1.02. The summed E-state index contributed by atoms with van der Waals surface area (Å²) in [4.78, 5) is 59.3. The highest BCUT2D eigenvalue weighted by atomic mass is 32.1. The Morgan fingerprint density at radius 2 is 1.68 bits per heavy atom. The van der Waals surface area contributed by atoms with E-state index >= 15 is 8.78 Å². The zero-order chi connectivity index (χ0) is 38.9. The lowest BCUT2D eigenvalue weighted by molar-refractivity contribution is -0.144. The molecule has 2 saturated heterocycles. The summed E-state index contributed by atoms with van der Waals surface area (Å²) in [7, 11) is -3.24. The maximum Gasteiger partial charge on any atom is 0.404 e. The first kappa shape index (κ1) is 40.0. The highest BCUT2D eigenvalue weighted by molar-refractivity contribution is 7.54. The average molecular weight is 772 g/mol. The van der Waals surface area contributed by atoms with Gasteiger partial charge >= 0.3 is 13.3 Å². The van der Waals surface area contributed by atoms with Gasteiger partial charge in [0.2, 0.25) is 17.7 Å². The number of carbonyl (C=O) groups is 4. The van der Waals surface area contributed by atoms with E-state index in [1.54, 1.807) is 50.1 Å². The molecule has 0 spiro atoms. The summed E-state index contributed by atoms with van der Waals surface area (Å²) in [5.74, 6) is -1.74. The number of hydrogen-bond donors (Lipinski definition) is 1. The number of rotatable bonds is 11. The van der Waals surface area contributed by atoms with Crippen molar-refractivity contribution < 1.29 is 41.6 Å². The van der Waals surface area contributed by atoms with Crippen molar-refractivity contribution in [1.82, 2.24) is 15.1 Å². The maximum atomic E-state index is 15.5. The zero-order valence-corrected chi connectivity index (χ0v) is 32.3. The highest BCUT2D eigenvalue weighted by Crippen LogP contribution is 2.67. The smallest absolute Gasteiger partial charge is 0.340 e. The Labute approximate surface area is 311 Å². The Hall–Kier alpha value is -4.22. The molecular weight excluding hydrogens is 727 g/mol. The second-order valence-corrected chi connectivity index (χ2v) is 16.8. The predicted octanol–water partition coefficient (Wildman–Crippen LogP) is 6.39. The molecule has 0 unspecified atom stereocenters. The van der Waals surface area contributed by atoms with Gasteiger partial charge in [-0.3, -0.25) is 23.7 Å². The quantitative estimate of drug-likeness (QED) is 0.221. The molecule has 3 aromatic rings. The number of fused-ring (bicyclic) bond motifs is 2. The van der Waals surface area contributed by atoms with E-state index in [4.69, 9.17) is 9.05 Å². The molecule has 0 bridgehead atoms. The number of nitrogens with one attached hydrogen (secondary N) is 1. The molecule has 284 valence electrons. The number of benzene rings is 2. The van der Waals surface area contributed by atoms with Crippen LogP contribution in [0.1, 0.15) is 74.7 Å². The van der Waals surface area contributed by atoms with Crippen molar-refractivity contribution in [2.24, 2.45) is 0 Å². The molecular formula is C37H44F2N5O7PS. The van der Waals surface area contributed by atoms with E-state index in [0.29, 0.717) is 36.2 Å². The van der Waals surface area contributed by atoms with Crippen molar-refractivity contribution in [2.45, 2.75) is 83.1 Å². The van der Waals surface area contributed by atoms with Crippen LogP contribution in [0.15, 0.2) is 48.5 Å². The van der Waals surface area contributed by atoms with E-state index in [-0.39, 0.29) is 47.9 Å². The summed E-state index contributed by atoms with van der Waals surface area (Å²) in [6.07, 6.45) is 1.38. The molecule has 3 atom stereocenters. The minimum absolute atomic E-state index is 0.121. The summed E-state index contributed by atoms with van der Waals surface area (Å²) in [5, 5.41) is 12.6. The Morgan fingerprint density at radius 1 is 1.04 bits per heavy atom. The lowest BCUT2D eigenvalue weighted by atomic mass is 9.86. The third-order valence-corrected chi connectivity index (χ3v) is 13.1. The Balaban J connectivity index is 1.39. The summed E-state index contributed by atoms with van der Waals surface area (Å²) in [6, 6.07) is 12.0. The van der Waals surface area contributed by atoms with E-state index in [2.05, 4.69) is 11.4 Å². The van der Waals surface area contributed by atoms with E-state index in [1.165, 1.54) is 42.7 Å². The van der Waals surface area contributed by atoms with E-state index in [0.717, 1.165) is 29.0 Å². The summed E-state index contributed by atoms with van der Waals surface area (Å²) in [6.45, 7) is 7.55. The van der Waals surface area contributed by atoms with Gasteiger partial charge in [0.05, 0.1) is 29.6 Å². The minimum Gasteiger partial charge on any atom is -0.340 e. The zero-order valence-electron chi connectivity index (χ0n) is 30.6. The first-order valence-electron chi connectivity index (χ1n) is 17.5. The second-order valence-electron chi connectivity index (χ2n) is 13.7. The monoisotopic (exact) mass is 771 g/mol. The van der Waals surface area contributed by atoms with Gasteiger partial charge in [-0.25, -0.2) is 0 Å². The van der Waals surface area contributed by atoms with Crippen molar-refractivity contribution in [3.63, 3.8) is 0 Å². The van der Waals surface area contributed by atoms with Crippen LogP contribution in [0.5, 0.6) is 0 Å². The second kappa shape index (κ2) is 15.6. The Kier molecular flexibility index (Phi) is 11.8. The first-order chi connectivity index (χ1) is 25.0. The topological polar surface area (TPSA) is 149 Å². The van der Waals surface area contributed by atoms with E-state index in [9.17, 15) is 29.0 Å². The van der Waals surface area contributed by atoms with Gasteiger partial charge in [0, 0.05) is 49.1 Å². The largest absolute Gasteiger partial charge is 0.404 e. The van der Waals surface area contributed by atoms with E-state index < -0.39 is 48.1 Å². The SMILES string of the molecule is CCOP(=O)(OCC)C(F)(F)c1ccc2sc(C(=O)N[C@H]3CN(C(C)=O)CC[C@H]4CC[C@@H](C(=O)N(C)c5ccc(C(C)(C)C#N)cc5)N4C3=O)cc2c1. The number of anilines is 1. The molecule has 3 heterocycles. The van der Waals surface area contributed by atoms with Gasteiger partial charge in [0.1, 0.15) is 12.1 Å². The van der Waals surface area contributed by atoms with Crippen LogP contribution in [0.3, 0.4) is 0 Å². The van der Waals surface area contributed by atoms with Crippen LogP contribution in [-0.4, -0.2) is 84.9 Å². The van der Waals surface area contributed by atoms with Gasteiger partial charge < -0.3 is 29.1 Å². The average Bonchev–Trinajstić information content (AvgIpc) is 3.75. The molecule has 0 radical (unpaired) electrons. The lowest BCUT2D eigenvalue weighted by Crippen LogP contribution is -2.61. The molecule has 1 N–H and O–H groups in total. The number of nitrogens with zero attached hydrogens (tertiary/aromatic N) is 4. The van der Waals surface area contributed by atoms with Gasteiger partial charge in [0.15, 0.2) is 0 Å². The van der Waals surface area contributed by atoms with Gasteiger partial charge in [-0.15, -0.1) is 11.3 Å². The van der Waals surface area contributed by atoms with E-state index in [1.807, 2.05) is 0 Å². The molecule has 0 saturated carbocycles. The fraction of sp³-hybridized carbons (Fsp3) is 0.486. The van der Waals surface area contributed by atoms with Crippen LogP contribution in [0.4, 0.5) is 14.5 Å². The lowest BCUT2D eigenvalue weighted by Gasteiger charge is -2.39. The molecule has 2 aliphatic heterocycles. The van der Waals surface area contributed by atoms with Crippen molar-refractivity contribution in [1.29, 1.82) is 5.26 Å². The number of likely N-dealkylation sites (N-methyl/N-ethyl adjacent to an activating group) is 1. The van der Waals surface area contributed by atoms with Gasteiger partial charge in [0.25, 0.3) is 5.91 Å². The third kappa shape index (κ3) is 7.87. The molecule has 0 aliphatic carbocycles. The molecule has 2 aromatic carbocycles. The van der Waals surface area contributed by atoms with Crippen LogP contribution in [0, 0.1) is 11.3 Å². The van der Waals surface area contributed by atoms with Crippen molar-refractivity contribution in [2.75, 3.05) is 38.3 Å². The van der Waals surface area contributed by atoms with Crippen LogP contribution < -0.4 is 10.2 Å². The van der Waals surface area contributed by atoms with Crippen LogP contribution in [-0.2, 0) is 39.1 Å². The number of amides is 4. The number of halogens is 2. The van der Waals surface area contributed by atoms with Gasteiger partial charge in [-0.05, 0) is 88.2 Å². The van der Waals surface area contributed by atoms with Crippen LogP contribution in [0.2, 0.25) is 0 Å². The van der Waals surface area contributed by atoms with Crippen molar-refractivity contribution in [3.8, 4) is 6.07 Å². The fourth-order valence-electron chi connectivity index (χ4n) is 6.80. The molecule has 53 heavy (non-hydrogen) atoms.